The summed E-state index contributed by atoms with van der Waals surface area (Å²) in [5, 5.41) is -0.171. The Morgan fingerprint density at radius 3 is 2.57 bits per heavy atom. The number of hydrogen-bond acceptors (Lipinski definition) is 4. The molecule has 7 heteroatoms. The highest BCUT2D eigenvalue weighted by Gasteiger charge is 2.52. The third-order valence-electron chi connectivity index (χ3n) is 4.83. The molecule has 114 valence electrons. The van der Waals surface area contributed by atoms with Crippen LogP contribution in [0.2, 0.25) is 0 Å². The summed E-state index contributed by atoms with van der Waals surface area (Å²) in [6.07, 6.45) is 5.98. The Morgan fingerprint density at radius 1 is 1.14 bits per heavy atom. The van der Waals surface area contributed by atoms with Gasteiger partial charge in [0, 0.05) is 25.2 Å². The number of rotatable bonds is 3. The summed E-state index contributed by atoms with van der Waals surface area (Å²) in [5.41, 5.74) is 0.541. The highest BCUT2D eigenvalue weighted by Crippen LogP contribution is 2.39. The molecule has 3 fully saturated rings. The van der Waals surface area contributed by atoms with Gasteiger partial charge in [-0.05, 0) is 31.7 Å². The third-order valence-corrected chi connectivity index (χ3v) is 7.25. The second kappa shape index (κ2) is 4.58. The van der Waals surface area contributed by atoms with Gasteiger partial charge in [-0.25, -0.2) is 8.42 Å². The molecule has 2 atom stereocenters. The fraction of sp³-hybridized carbons (Fsp3) is 0.643. The molecular weight excluding hydrogens is 292 g/mol. The standard InChI is InChI=1S/C14H18N2O4S/c17-14(10-5-8-20-9-10)15-6-3-13-12(15)4-7-16(13)21(18,19)11-1-2-11/h5,8-9,11-13H,1-4,6-7H2/t12-,13+/m1/s1. The van der Waals surface area contributed by atoms with Crippen molar-refractivity contribution in [2.45, 2.75) is 43.0 Å². The van der Waals surface area contributed by atoms with Crippen LogP contribution < -0.4 is 0 Å². The van der Waals surface area contributed by atoms with Crippen LogP contribution in [0.1, 0.15) is 36.0 Å². The number of carbonyl (C=O) groups excluding carboxylic acids is 1. The zero-order chi connectivity index (χ0) is 14.6. The number of furan rings is 1. The molecule has 4 rings (SSSR count). The largest absolute Gasteiger partial charge is 0.472 e. The normalized spacial score (nSPS) is 29.8. The molecule has 2 saturated heterocycles. The molecule has 1 amide bonds. The summed E-state index contributed by atoms with van der Waals surface area (Å²) < 4.78 is 31.5. The van der Waals surface area contributed by atoms with E-state index in [0.29, 0.717) is 18.7 Å². The van der Waals surface area contributed by atoms with E-state index in [1.54, 1.807) is 10.4 Å². The van der Waals surface area contributed by atoms with Crippen molar-refractivity contribution in [2.24, 2.45) is 0 Å². The maximum atomic E-state index is 12.5. The lowest BCUT2D eigenvalue weighted by Gasteiger charge is -2.25. The fourth-order valence-electron chi connectivity index (χ4n) is 3.62. The minimum Gasteiger partial charge on any atom is -0.472 e. The smallest absolute Gasteiger partial charge is 0.257 e. The average molecular weight is 310 g/mol. The van der Waals surface area contributed by atoms with Crippen molar-refractivity contribution >= 4 is 15.9 Å². The minimum atomic E-state index is -3.15. The van der Waals surface area contributed by atoms with Crippen LogP contribution in [0.5, 0.6) is 0 Å². The molecular formula is C14H18N2O4S. The van der Waals surface area contributed by atoms with Gasteiger partial charge >= 0.3 is 0 Å². The van der Waals surface area contributed by atoms with Crippen LogP contribution in [0.15, 0.2) is 23.0 Å². The quantitative estimate of drug-likeness (QED) is 0.837. The Morgan fingerprint density at radius 2 is 1.90 bits per heavy atom. The zero-order valence-electron chi connectivity index (χ0n) is 11.6. The van der Waals surface area contributed by atoms with Gasteiger partial charge in [0.1, 0.15) is 6.26 Å². The summed E-state index contributed by atoms with van der Waals surface area (Å²) in [5.74, 6) is -0.0538. The van der Waals surface area contributed by atoms with E-state index in [1.165, 1.54) is 12.5 Å². The molecule has 3 heterocycles. The molecule has 1 saturated carbocycles. The first-order valence-corrected chi connectivity index (χ1v) is 8.93. The van der Waals surface area contributed by atoms with Crippen LogP contribution >= 0.6 is 0 Å². The Kier molecular flexibility index (Phi) is 2.91. The lowest BCUT2D eigenvalue weighted by atomic mass is 10.1. The summed E-state index contributed by atoms with van der Waals surface area (Å²) in [6.45, 7) is 1.17. The predicted molar refractivity (Wildman–Crippen MR) is 75.2 cm³/mol. The van der Waals surface area contributed by atoms with E-state index in [9.17, 15) is 13.2 Å². The summed E-state index contributed by atoms with van der Waals surface area (Å²) >= 11 is 0. The highest BCUT2D eigenvalue weighted by molar-refractivity contribution is 7.90. The van der Waals surface area contributed by atoms with Crippen molar-refractivity contribution in [3.8, 4) is 0 Å². The van der Waals surface area contributed by atoms with Crippen molar-refractivity contribution in [2.75, 3.05) is 13.1 Å². The van der Waals surface area contributed by atoms with Gasteiger partial charge in [-0.1, -0.05) is 0 Å². The number of nitrogens with zero attached hydrogens (tertiary/aromatic N) is 2. The molecule has 0 aromatic carbocycles. The van der Waals surface area contributed by atoms with Crippen LogP contribution in [-0.4, -0.2) is 54.0 Å². The predicted octanol–water partition coefficient (Wildman–Crippen LogP) is 1.06. The monoisotopic (exact) mass is 310 g/mol. The maximum Gasteiger partial charge on any atom is 0.257 e. The highest BCUT2D eigenvalue weighted by atomic mass is 32.2. The SMILES string of the molecule is O=C(c1ccoc1)N1CC[C@H]2[C@H]1CCN2S(=O)(=O)C1CC1. The van der Waals surface area contributed by atoms with Crippen LogP contribution in [0, 0.1) is 0 Å². The van der Waals surface area contributed by atoms with E-state index in [0.717, 1.165) is 25.7 Å². The van der Waals surface area contributed by atoms with E-state index in [2.05, 4.69) is 0 Å². The Hall–Kier alpha value is -1.34. The van der Waals surface area contributed by atoms with E-state index in [-0.39, 0.29) is 23.2 Å². The van der Waals surface area contributed by atoms with Crippen molar-refractivity contribution in [3.05, 3.63) is 24.2 Å². The van der Waals surface area contributed by atoms with Gasteiger partial charge in [-0.2, -0.15) is 4.31 Å². The molecule has 0 unspecified atom stereocenters. The topological polar surface area (TPSA) is 70.8 Å². The molecule has 1 aromatic heterocycles. The first kappa shape index (κ1) is 13.3. The molecule has 6 nitrogen and oxygen atoms in total. The number of carbonyl (C=O) groups is 1. The lowest BCUT2D eigenvalue weighted by Crippen LogP contribution is -2.42. The minimum absolute atomic E-state index is 0.0147. The molecule has 0 radical (unpaired) electrons. The van der Waals surface area contributed by atoms with Crippen molar-refractivity contribution < 1.29 is 17.6 Å². The molecule has 0 spiro atoms. The molecule has 1 aliphatic carbocycles. The Bertz CT molecular complexity index is 651. The first-order chi connectivity index (χ1) is 10.1. The second-order valence-electron chi connectivity index (χ2n) is 6.08. The van der Waals surface area contributed by atoms with Gasteiger partial charge in [0.15, 0.2) is 0 Å². The van der Waals surface area contributed by atoms with Gasteiger partial charge in [0.05, 0.1) is 17.1 Å². The third kappa shape index (κ3) is 2.02. The molecule has 0 bridgehead atoms. The lowest BCUT2D eigenvalue weighted by molar-refractivity contribution is 0.0734. The van der Waals surface area contributed by atoms with Gasteiger partial charge in [-0.15, -0.1) is 0 Å². The average Bonchev–Trinajstić information content (AvgIpc) is 2.91. The van der Waals surface area contributed by atoms with E-state index >= 15 is 0 Å². The molecule has 3 aliphatic rings. The number of hydrogen-bond donors (Lipinski definition) is 0. The van der Waals surface area contributed by atoms with Crippen LogP contribution in [0.3, 0.4) is 0 Å². The van der Waals surface area contributed by atoms with Crippen LogP contribution in [-0.2, 0) is 10.0 Å². The molecule has 1 aromatic rings. The van der Waals surface area contributed by atoms with Gasteiger partial charge in [0.2, 0.25) is 10.0 Å². The molecule has 0 N–H and O–H groups in total. The number of fused-ring (bicyclic) bond motifs is 1. The van der Waals surface area contributed by atoms with E-state index < -0.39 is 10.0 Å². The molecule has 2 aliphatic heterocycles. The zero-order valence-corrected chi connectivity index (χ0v) is 12.5. The molecule has 21 heavy (non-hydrogen) atoms. The van der Waals surface area contributed by atoms with Crippen molar-refractivity contribution in [3.63, 3.8) is 0 Å². The number of sulfonamides is 1. The Labute approximate surface area is 123 Å². The van der Waals surface area contributed by atoms with Crippen LogP contribution in [0.25, 0.3) is 0 Å². The number of likely N-dealkylation sites (tertiary alicyclic amines) is 1. The van der Waals surface area contributed by atoms with Crippen molar-refractivity contribution in [1.82, 2.24) is 9.21 Å². The van der Waals surface area contributed by atoms with E-state index in [1.807, 2.05) is 4.90 Å². The number of amides is 1. The Balaban J connectivity index is 1.55. The maximum absolute atomic E-state index is 12.5. The summed E-state index contributed by atoms with van der Waals surface area (Å²) in [4.78, 5) is 14.3. The van der Waals surface area contributed by atoms with E-state index in [4.69, 9.17) is 4.42 Å². The first-order valence-electron chi connectivity index (χ1n) is 7.43. The fourth-order valence-corrected chi connectivity index (χ4v) is 5.72. The summed E-state index contributed by atoms with van der Waals surface area (Å²) in [6, 6.07) is 1.64. The van der Waals surface area contributed by atoms with Gasteiger partial charge in [0.25, 0.3) is 5.91 Å². The summed E-state index contributed by atoms with van der Waals surface area (Å²) in [7, 11) is -3.15. The second-order valence-corrected chi connectivity index (χ2v) is 8.24. The van der Waals surface area contributed by atoms with Crippen LogP contribution in [0.4, 0.5) is 0 Å². The van der Waals surface area contributed by atoms with Gasteiger partial charge < -0.3 is 9.32 Å². The van der Waals surface area contributed by atoms with Gasteiger partial charge in [-0.3, -0.25) is 4.79 Å². The van der Waals surface area contributed by atoms with Crippen molar-refractivity contribution in [1.29, 1.82) is 0 Å².